The highest BCUT2D eigenvalue weighted by atomic mass is 35.5. The van der Waals surface area contributed by atoms with Crippen molar-refractivity contribution in [2.45, 2.75) is 26.9 Å². The maximum atomic E-state index is 12.2. The second-order valence-electron chi connectivity index (χ2n) is 5.77. The first-order valence-electron chi connectivity index (χ1n) is 8.57. The number of ether oxygens (including phenoxy) is 1. The fourth-order valence-corrected chi connectivity index (χ4v) is 2.68. The molecule has 0 fully saturated rings. The molecule has 0 aliphatic heterocycles. The summed E-state index contributed by atoms with van der Waals surface area (Å²) in [6.07, 6.45) is -0.927. The van der Waals surface area contributed by atoms with Crippen molar-refractivity contribution in [3.8, 4) is 0 Å². The van der Waals surface area contributed by atoms with E-state index in [2.05, 4.69) is 24.1 Å². The number of anilines is 2. The van der Waals surface area contributed by atoms with Crippen LogP contribution in [0.4, 0.5) is 11.4 Å². The molecule has 6 heteroatoms. The Hall–Kier alpha value is -2.53. The average molecular weight is 375 g/mol. The van der Waals surface area contributed by atoms with Crippen LogP contribution >= 0.6 is 11.6 Å². The molecule has 0 aliphatic rings. The first-order valence-corrected chi connectivity index (χ1v) is 8.94. The van der Waals surface area contributed by atoms with Crippen LogP contribution in [-0.2, 0) is 9.53 Å². The first-order chi connectivity index (χ1) is 12.4. The number of nitrogens with one attached hydrogen (secondary N) is 1. The monoisotopic (exact) mass is 374 g/mol. The third kappa shape index (κ3) is 5.23. The SMILES string of the molecule is CCN(CC)c1ccc(C(=O)O[C@@H](C)C(=O)Nc2cccc(Cl)c2)cc1. The maximum Gasteiger partial charge on any atom is 0.338 e. The van der Waals surface area contributed by atoms with Crippen LogP contribution in [0.1, 0.15) is 31.1 Å². The smallest absolute Gasteiger partial charge is 0.338 e. The Morgan fingerprint density at radius 2 is 1.77 bits per heavy atom. The molecule has 1 amide bonds. The minimum atomic E-state index is -0.927. The molecule has 0 saturated heterocycles. The lowest BCUT2D eigenvalue weighted by molar-refractivity contribution is -0.123. The van der Waals surface area contributed by atoms with Crippen molar-refractivity contribution in [1.29, 1.82) is 0 Å². The summed E-state index contributed by atoms with van der Waals surface area (Å²) in [5, 5.41) is 3.19. The van der Waals surface area contributed by atoms with Gasteiger partial charge in [0.25, 0.3) is 5.91 Å². The zero-order valence-electron chi connectivity index (χ0n) is 15.2. The molecule has 26 heavy (non-hydrogen) atoms. The van der Waals surface area contributed by atoms with Crippen LogP contribution in [-0.4, -0.2) is 31.1 Å². The fraction of sp³-hybridized carbons (Fsp3) is 0.300. The van der Waals surface area contributed by atoms with Gasteiger partial charge < -0.3 is 15.0 Å². The predicted molar refractivity (Wildman–Crippen MR) is 105 cm³/mol. The van der Waals surface area contributed by atoms with Gasteiger partial charge in [0, 0.05) is 29.5 Å². The van der Waals surface area contributed by atoms with Crippen LogP contribution in [0, 0.1) is 0 Å². The first kappa shape index (κ1) is 19.8. The molecule has 0 heterocycles. The lowest BCUT2D eigenvalue weighted by Crippen LogP contribution is -2.30. The van der Waals surface area contributed by atoms with Crippen LogP contribution < -0.4 is 10.2 Å². The third-order valence-electron chi connectivity index (χ3n) is 3.98. The van der Waals surface area contributed by atoms with Gasteiger partial charge in [-0.15, -0.1) is 0 Å². The molecule has 2 rings (SSSR count). The molecule has 2 aromatic rings. The predicted octanol–water partition coefficient (Wildman–Crippen LogP) is 4.37. The molecule has 2 aromatic carbocycles. The van der Waals surface area contributed by atoms with Gasteiger partial charge in [0.05, 0.1) is 5.56 Å². The lowest BCUT2D eigenvalue weighted by Gasteiger charge is -2.21. The van der Waals surface area contributed by atoms with Gasteiger partial charge >= 0.3 is 5.97 Å². The van der Waals surface area contributed by atoms with Crippen molar-refractivity contribution in [2.24, 2.45) is 0 Å². The molecule has 0 radical (unpaired) electrons. The summed E-state index contributed by atoms with van der Waals surface area (Å²) in [7, 11) is 0. The second-order valence-corrected chi connectivity index (χ2v) is 6.20. The van der Waals surface area contributed by atoms with Crippen LogP contribution in [0.2, 0.25) is 5.02 Å². The number of halogens is 1. The van der Waals surface area contributed by atoms with Crippen molar-refractivity contribution in [1.82, 2.24) is 0 Å². The summed E-state index contributed by atoms with van der Waals surface area (Å²) in [6, 6.07) is 13.9. The van der Waals surface area contributed by atoms with Gasteiger partial charge in [0.1, 0.15) is 0 Å². The Labute approximate surface area is 158 Å². The van der Waals surface area contributed by atoms with Gasteiger partial charge in [-0.3, -0.25) is 4.79 Å². The molecule has 5 nitrogen and oxygen atoms in total. The van der Waals surface area contributed by atoms with E-state index in [-0.39, 0.29) is 0 Å². The molecular weight excluding hydrogens is 352 g/mol. The van der Waals surface area contributed by atoms with Crippen molar-refractivity contribution < 1.29 is 14.3 Å². The van der Waals surface area contributed by atoms with Crippen molar-refractivity contribution in [2.75, 3.05) is 23.3 Å². The third-order valence-corrected chi connectivity index (χ3v) is 4.21. The molecule has 1 N–H and O–H groups in total. The Morgan fingerprint density at radius 3 is 2.35 bits per heavy atom. The summed E-state index contributed by atoms with van der Waals surface area (Å²) in [5.41, 5.74) is 2.00. The van der Waals surface area contributed by atoms with Crippen LogP contribution in [0.5, 0.6) is 0 Å². The van der Waals surface area contributed by atoms with E-state index in [1.165, 1.54) is 6.92 Å². The number of nitrogens with zero attached hydrogens (tertiary/aromatic N) is 1. The van der Waals surface area contributed by atoms with E-state index in [0.717, 1.165) is 18.8 Å². The topological polar surface area (TPSA) is 58.6 Å². The number of benzene rings is 2. The number of hydrogen-bond acceptors (Lipinski definition) is 4. The molecule has 0 spiro atoms. The average Bonchev–Trinajstić information content (AvgIpc) is 2.63. The molecular formula is C20H23ClN2O3. The van der Waals surface area contributed by atoms with Crippen molar-refractivity contribution in [3.05, 3.63) is 59.1 Å². The minimum Gasteiger partial charge on any atom is -0.449 e. The number of carbonyl (C=O) groups excluding carboxylic acids is 2. The van der Waals surface area contributed by atoms with E-state index in [1.807, 2.05) is 12.1 Å². The number of esters is 1. The Balaban J connectivity index is 1.96. The molecule has 0 bridgehead atoms. The van der Waals surface area contributed by atoms with E-state index in [9.17, 15) is 9.59 Å². The quantitative estimate of drug-likeness (QED) is 0.731. The Morgan fingerprint density at radius 1 is 1.12 bits per heavy atom. The van der Waals surface area contributed by atoms with Gasteiger partial charge in [-0.2, -0.15) is 0 Å². The molecule has 138 valence electrons. The summed E-state index contributed by atoms with van der Waals surface area (Å²) in [4.78, 5) is 26.6. The van der Waals surface area contributed by atoms with Gasteiger partial charge in [-0.1, -0.05) is 17.7 Å². The van der Waals surface area contributed by atoms with Crippen molar-refractivity contribution >= 4 is 34.9 Å². The van der Waals surface area contributed by atoms with Crippen LogP contribution in [0.15, 0.2) is 48.5 Å². The minimum absolute atomic E-state index is 0.406. The van der Waals surface area contributed by atoms with Gasteiger partial charge in [-0.05, 0) is 63.2 Å². The van der Waals surface area contributed by atoms with Gasteiger partial charge in [0.15, 0.2) is 6.10 Å². The maximum absolute atomic E-state index is 12.2. The zero-order chi connectivity index (χ0) is 19.1. The van der Waals surface area contributed by atoms with Crippen LogP contribution in [0.25, 0.3) is 0 Å². The number of amides is 1. The molecule has 0 unspecified atom stereocenters. The van der Waals surface area contributed by atoms with Gasteiger partial charge in [0.2, 0.25) is 0 Å². The summed E-state index contributed by atoms with van der Waals surface area (Å²) >= 11 is 5.89. The second kappa shape index (κ2) is 9.25. The number of hydrogen-bond donors (Lipinski definition) is 1. The van der Waals surface area contributed by atoms with E-state index < -0.39 is 18.0 Å². The highest BCUT2D eigenvalue weighted by Crippen LogP contribution is 2.17. The Bertz CT molecular complexity index is 758. The molecule has 1 atom stereocenters. The largest absolute Gasteiger partial charge is 0.449 e. The van der Waals surface area contributed by atoms with Crippen molar-refractivity contribution in [3.63, 3.8) is 0 Å². The summed E-state index contributed by atoms with van der Waals surface area (Å²) in [6.45, 7) is 7.46. The summed E-state index contributed by atoms with van der Waals surface area (Å²) < 4.78 is 5.26. The molecule has 0 saturated carbocycles. The zero-order valence-corrected chi connectivity index (χ0v) is 15.9. The van der Waals surface area contributed by atoms with E-state index in [0.29, 0.717) is 16.3 Å². The van der Waals surface area contributed by atoms with Crippen LogP contribution in [0.3, 0.4) is 0 Å². The summed E-state index contributed by atoms with van der Waals surface area (Å²) in [5.74, 6) is -0.954. The fourth-order valence-electron chi connectivity index (χ4n) is 2.49. The molecule has 0 aliphatic carbocycles. The van der Waals surface area contributed by atoms with E-state index in [1.54, 1.807) is 36.4 Å². The number of carbonyl (C=O) groups is 2. The van der Waals surface area contributed by atoms with E-state index >= 15 is 0 Å². The standard InChI is InChI=1S/C20H23ClN2O3/c1-4-23(5-2)18-11-9-15(10-12-18)20(25)26-14(3)19(24)22-17-8-6-7-16(21)13-17/h6-14H,4-5H2,1-3H3,(H,22,24)/t14-/m0/s1. The highest BCUT2D eigenvalue weighted by Gasteiger charge is 2.19. The molecule has 0 aromatic heterocycles. The highest BCUT2D eigenvalue weighted by molar-refractivity contribution is 6.30. The normalized spacial score (nSPS) is 11.5. The van der Waals surface area contributed by atoms with Gasteiger partial charge in [-0.25, -0.2) is 4.79 Å². The van der Waals surface area contributed by atoms with E-state index in [4.69, 9.17) is 16.3 Å². The Kier molecular flexibility index (Phi) is 7.04. The lowest BCUT2D eigenvalue weighted by atomic mass is 10.2. The number of rotatable bonds is 7.